The molecule has 1 saturated heterocycles. The number of carbonyl (C=O) groups is 1. The third-order valence-corrected chi connectivity index (χ3v) is 6.61. The highest BCUT2D eigenvalue weighted by atomic mass is 32.2. The van der Waals surface area contributed by atoms with Crippen LogP contribution >= 0.6 is 11.8 Å². The number of sulfone groups is 1. The molecule has 0 radical (unpaired) electrons. The van der Waals surface area contributed by atoms with Gasteiger partial charge in [0, 0.05) is 12.5 Å². The molecular weight excluding hydrogens is 338 g/mol. The normalized spacial score (nSPS) is 21.5. The van der Waals surface area contributed by atoms with E-state index in [1.807, 2.05) is 20.8 Å². The fourth-order valence-electron chi connectivity index (χ4n) is 2.25. The minimum absolute atomic E-state index is 0.0495. The van der Waals surface area contributed by atoms with E-state index in [4.69, 9.17) is 4.42 Å². The third kappa shape index (κ3) is 5.80. The number of nitrogens with zero attached hydrogens (tertiary/aromatic N) is 2. The highest BCUT2D eigenvalue weighted by molar-refractivity contribution is 7.99. The number of rotatable bonds is 7. The van der Waals surface area contributed by atoms with Crippen LogP contribution in [0, 0.1) is 11.8 Å². The number of amides is 1. The van der Waals surface area contributed by atoms with Gasteiger partial charge < -0.3 is 9.73 Å². The Hall–Kier alpha value is -1.09. The van der Waals surface area contributed by atoms with Crippen molar-refractivity contribution in [2.45, 2.75) is 44.9 Å². The Kier molecular flexibility index (Phi) is 6.07. The van der Waals surface area contributed by atoms with E-state index >= 15 is 0 Å². The molecular formula is C14H23N3O4S2. The molecule has 7 nitrogen and oxygen atoms in total. The van der Waals surface area contributed by atoms with Gasteiger partial charge in [0.25, 0.3) is 5.22 Å². The van der Waals surface area contributed by atoms with Gasteiger partial charge in [0.05, 0.1) is 17.3 Å². The molecule has 0 spiro atoms. The van der Waals surface area contributed by atoms with Gasteiger partial charge in [0.2, 0.25) is 11.8 Å². The Labute approximate surface area is 140 Å². The fraction of sp³-hybridized carbons (Fsp3) is 0.786. The average Bonchev–Trinajstić information content (AvgIpc) is 3.03. The largest absolute Gasteiger partial charge is 0.416 e. The Bertz CT molecular complexity index is 642. The number of carbonyl (C=O) groups excluding carboxylic acids is 1. The Balaban J connectivity index is 1.78. The molecule has 2 rings (SSSR count). The monoisotopic (exact) mass is 361 g/mol. The van der Waals surface area contributed by atoms with Gasteiger partial charge >= 0.3 is 0 Å². The maximum absolute atomic E-state index is 11.8. The molecule has 0 bridgehead atoms. The van der Waals surface area contributed by atoms with Crippen molar-refractivity contribution < 1.29 is 17.6 Å². The van der Waals surface area contributed by atoms with Gasteiger partial charge in [-0.05, 0) is 25.2 Å². The number of hydrogen-bond donors (Lipinski definition) is 1. The van der Waals surface area contributed by atoms with E-state index < -0.39 is 9.84 Å². The van der Waals surface area contributed by atoms with Crippen molar-refractivity contribution in [3.05, 3.63) is 5.89 Å². The molecule has 130 valence electrons. The molecule has 0 saturated carbocycles. The van der Waals surface area contributed by atoms with Crippen molar-refractivity contribution in [3.63, 3.8) is 0 Å². The number of aromatic nitrogens is 2. The minimum Gasteiger partial charge on any atom is -0.416 e. The first-order valence-electron chi connectivity index (χ1n) is 7.70. The van der Waals surface area contributed by atoms with Gasteiger partial charge in [0.1, 0.15) is 0 Å². The maximum Gasteiger partial charge on any atom is 0.277 e. The summed E-state index contributed by atoms with van der Waals surface area (Å²) >= 11 is 1.19. The molecule has 1 aromatic heterocycles. The van der Waals surface area contributed by atoms with Crippen molar-refractivity contribution in [2.24, 2.45) is 11.8 Å². The summed E-state index contributed by atoms with van der Waals surface area (Å²) in [6, 6.07) is 0.116. The van der Waals surface area contributed by atoms with Crippen LogP contribution in [-0.4, -0.2) is 47.8 Å². The first kappa shape index (κ1) is 18.3. The van der Waals surface area contributed by atoms with Crippen LogP contribution in [0.1, 0.15) is 33.1 Å². The predicted octanol–water partition coefficient (Wildman–Crippen LogP) is 1.30. The van der Waals surface area contributed by atoms with Crippen LogP contribution in [0.5, 0.6) is 0 Å². The molecule has 1 aliphatic rings. The first-order chi connectivity index (χ1) is 10.7. The Morgan fingerprint density at radius 2 is 2.13 bits per heavy atom. The molecule has 9 heteroatoms. The smallest absolute Gasteiger partial charge is 0.277 e. The second-order valence-corrected chi connectivity index (χ2v) is 9.48. The minimum atomic E-state index is -2.90. The summed E-state index contributed by atoms with van der Waals surface area (Å²) in [5.74, 6) is 1.43. The summed E-state index contributed by atoms with van der Waals surface area (Å²) in [5, 5.41) is 11.1. The van der Waals surface area contributed by atoms with Gasteiger partial charge in [-0.25, -0.2) is 8.42 Å². The molecule has 1 aromatic rings. The summed E-state index contributed by atoms with van der Waals surface area (Å²) in [6.07, 6.45) is 1.12. The van der Waals surface area contributed by atoms with Gasteiger partial charge in [0.15, 0.2) is 9.84 Å². The van der Waals surface area contributed by atoms with Gasteiger partial charge in [-0.1, -0.05) is 25.6 Å². The van der Waals surface area contributed by atoms with E-state index in [0.717, 1.165) is 0 Å². The van der Waals surface area contributed by atoms with Crippen LogP contribution in [0.25, 0.3) is 0 Å². The average molecular weight is 361 g/mol. The molecule has 1 aliphatic heterocycles. The quantitative estimate of drug-likeness (QED) is 0.730. The van der Waals surface area contributed by atoms with Crippen molar-refractivity contribution in [1.82, 2.24) is 15.5 Å². The lowest BCUT2D eigenvalue weighted by molar-refractivity contribution is -0.119. The van der Waals surface area contributed by atoms with E-state index in [0.29, 0.717) is 29.9 Å². The topological polar surface area (TPSA) is 102 Å². The third-order valence-electron chi connectivity index (χ3n) is 3.95. The van der Waals surface area contributed by atoms with Crippen molar-refractivity contribution >= 4 is 27.5 Å². The molecule has 23 heavy (non-hydrogen) atoms. The summed E-state index contributed by atoms with van der Waals surface area (Å²) in [4.78, 5) is 11.8. The van der Waals surface area contributed by atoms with Crippen molar-refractivity contribution in [3.8, 4) is 0 Å². The zero-order valence-corrected chi connectivity index (χ0v) is 15.2. The lowest BCUT2D eigenvalue weighted by Crippen LogP contribution is -2.37. The van der Waals surface area contributed by atoms with Gasteiger partial charge in [-0.3, -0.25) is 4.79 Å². The second-order valence-electron chi connectivity index (χ2n) is 6.32. The standard InChI is InChI=1S/C14H23N3O4S2/c1-9(2)10(3)15-12(18)7-22-14-17-16-13(21-14)6-11-4-5-23(19,20)8-11/h9-11H,4-8H2,1-3H3,(H,15,18)/t10-,11+/m1/s1. The predicted molar refractivity (Wildman–Crippen MR) is 87.9 cm³/mol. The second kappa shape index (κ2) is 7.65. The van der Waals surface area contributed by atoms with Crippen molar-refractivity contribution in [1.29, 1.82) is 0 Å². The summed E-state index contributed by atoms with van der Waals surface area (Å²) in [6.45, 7) is 6.06. The van der Waals surface area contributed by atoms with Crippen molar-refractivity contribution in [2.75, 3.05) is 17.3 Å². The van der Waals surface area contributed by atoms with Crippen LogP contribution in [0.3, 0.4) is 0 Å². The van der Waals surface area contributed by atoms with E-state index in [9.17, 15) is 13.2 Å². The molecule has 1 amide bonds. The van der Waals surface area contributed by atoms with Crippen LogP contribution in [0.2, 0.25) is 0 Å². The van der Waals surface area contributed by atoms with E-state index in [-0.39, 0.29) is 35.1 Å². The number of thioether (sulfide) groups is 1. The maximum atomic E-state index is 11.8. The van der Waals surface area contributed by atoms with Gasteiger partial charge in [-0.2, -0.15) is 0 Å². The first-order valence-corrected chi connectivity index (χ1v) is 10.5. The van der Waals surface area contributed by atoms with E-state index in [2.05, 4.69) is 15.5 Å². The summed E-state index contributed by atoms with van der Waals surface area (Å²) < 4.78 is 28.4. The molecule has 2 heterocycles. The zero-order valence-electron chi connectivity index (χ0n) is 13.6. The van der Waals surface area contributed by atoms with E-state index in [1.54, 1.807) is 0 Å². The molecule has 1 fully saturated rings. The molecule has 0 unspecified atom stereocenters. The zero-order chi connectivity index (χ0) is 17.0. The highest BCUT2D eigenvalue weighted by Gasteiger charge is 2.29. The van der Waals surface area contributed by atoms with Crippen LogP contribution in [0.15, 0.2) is 9.64 Å². The van der Waals surface area contributed by atoms with Crippen LogP contribution in [0.4, 0.5) is 0 Å². The van der Waals surface area contributed by atoms with Crippen LogP contribution < -0.4 is 5.32 Å². The number of hydrogen-bond acceptors (Lipinski definition) is 7. The SMILES string of the molecule is CC(C)[C@@H](C)NC(=O)CSc1nnc(C[C@@H]2CCS(=O)(=O)C2)o1. The lowest BCUT2D eigenvalue weighted by atomic mass is 10.1. The Morgan fingerprint density at radius 1 is 1.39 bits per heavy atom. The van der Waals surface area contributed by atoms with Gasteiger partial charge in [-0.15, -0.1) is 10.2 Å². The van der Waals surface area contributed by atoms with Crippen LogP contribution in [-0.2, 0) is 21.1 Å². The lowest BCUT2D eigenvalue weighted by Gasteiger charge is -2.16. The number of nitrogens with one attached hydrogen (secondary N) is 1. The highest BCUT2D eigenvalue weighted by Crippen LogP contribution is 2.23. The molecule has 2 atom stereocenters. The molecule has 0 aliphatic carbocycles. The van der Waals surface area contributed by atoms with E-state index in [1.165, 1.54) is 11.8 Å². The molecule has 0 aromatic carbocycles. The fourth-order valence-corrected chi connectivity index (χ4v) is 4.70. The molecule has 1 N–H and O–H groups in total. The summed E-state index contributed by atoms with van der Waals surface area (Å²) in [5.41, 5.74) is 0. The summed E-state index contributed by atoms with van der Waals surface area (Å²) in [7, 11) is -2.90. The Morgan fingerprint density at radius 3 is 2.74 bits per heavy atom.